The average Bonchev–Trinajstić information content (AvgIpc) is 2.50. The van der Waals surface area contributed by atoms with Gasteiger partial charge < -0.3 is 10.6 Å². The van der Waals surface area contributed by atoms with Gasteiger partial charge in [0.05, 0.1) is 6.42 Å². The normalized spacial score (nSPS) is 10.2. The largest absolute Gasteiger partial charge is 0.370 e. The van der Waals surface area contributed by atoms with Crippen LogP contribution in [0, 0.1) is 5.82 Å². The predicted molar refractivity (Wildman–Crippen MR) is 82.7 cm³/mol. The van der Waals surface area contributed by atoms with Crippen molar-refractivity contribution >= 4 is 17.5 Å². The van der Waals surface area contributed by atoms with Gasteiger partial charge in [0.1, 0.15) is 5.82 Å². The Morgan fingerprint density at radius 1 is 1.00 bits per heavy atom. The summed E-state index contributed by atoms with van der Waals surface area (Å²) in [5.41, 5.74) is 6.59. The van der Waals surface area contributed by atoms with Crippen LogP contribution in [0.25, 0.3) is 0 Å². The first kappa shape index (κ1) is 15.7. The van der Waals surface area contributed by atoms with Gasteiger partial charge in [-0.05, 0) is 29.8 Å². The van der Waals surface area contributed by atoms with Gasteiger partial charge >= 0.3 is 0 Å². The lowest BCUT2D eigenvalue weighted by Gasteiger charge is -2.22. The Balaban J connectivity index is 2.14. The van der Waals surface area contributed by atoms with Gasteiger partial charge in [-0.3, -0.25) is 9.59 Å². The van der Waals surface area contributed by atoms with E-state index in [0.717, 1.165) is 0 Å². The molecule has 0 aliphatic carbocycles. The summed E-state index contributed by atoms with van der Waals surface area (Å²) in [6, 6.07) is 14.9. The maximum absolute atomic E-state index is 12.9. The zero-order valence-electron chi connectivity index (χ0n) is 12.0. The number of rotatable bonds is 6. The molecule has 4 nitrogen and oxygen atoms in total. The molecule has 0 unspecified atom stereocenters. The molecule has 0 atom stereocenters. The van der Waals surface area contributed by atoms with Gasteiger partial charge in [-0.1, -0.05) is 30.3 Å². The highest BCUT2D eigenvalue weighted by Gasteiger charge is 2.16. The number of amides is 2. The first-order valence-corrected chi connectivity index (χ1v) is 6.94. The number of anilines is 1. The maximum atomic E-state index is 12.9. The Morgan fingerprint density at radius 3 is 2.23 bits per heavy atom. The van der Waals surface area contributed by atoms with Crippen molar-refractivity contribution < 1.29 is 14.0 Å². The number of hydrogen-bond donors (Lipinski definition) is 1. The third-order valence-corrected chi connectivity index (χ3v) is 3.22. The van der Waals surface area contributed by atoms with Crippen molar-refractivity contribution in [3.8, 4) is 0 Å². The SMILES string of the molecule is NC(=O)CCN(C(=O)Cc1ccc(F)cc1)c1ccccc1. The van der Waals surface area contributed by atoms with Crippen LogP contribution in [-0.4, -0.2) is 18.4 Å². The molecule has 0 aliphatic heterocycles. The summed E-state index contributed by atoms with van der Waals surface area (Å²) in [6.07, 6.45) is 0.220. The van der Waals surface area contributed by atoms with Crippen molar-refractivity contribution in [1.82, 2.24) is 0 Å². The number of primary amides is 1. The molecule has 114 valence electrons. The van der Waals surface area contributed by atoms with Crippen molar-refractivity contribution in [3.63, 3.8) is 0 Å². The molecule has 0 aliphatic rings. The summed E-state index contributed by atoms with van der Waals surface area (Å²) in [7, 11) is 0. The molecule has 22 heavy (non-hydrogen) atoms. The predicted octanol–water partition coefficient (Wildman–Crippen LogP) is 2.28. The van der Waals surface area contributed by atoms with Gasteiger partial charge in [0.2, 0.25) is 11.8 Å². The van der Waals surface area contributed by atoms with Gasteiger partial charge in [0, 0.05) is 18.7 Å². The molecule has 0 bridgehead atoms. The van der Waals surface area contributed by atoms with Gasteiger partial charge in [-0.15, -0.1) is 0 Å². The molecule has 2 aromatic carbocycles. The van der Waals surface area contributed by atoms with E-state index in [1.165, 1.54) is 17.0 Å². The minimum Gasteiger partial charge on any atom is -0.370 e. The molecular formula is C17H17FN2O2. The highest BCUT2D eigenvalue weighted by atomic mass is 19.1. The minimum absolute atomic E-state index is 0.0874. The van der Waals surface area contributed by atoms with Crippen LogP contribution >= 0.6 is 0 Å². The van der Waals surface area contributed by atoms with E-state index in [9.17, 15) is 14.0 Å². The van der Waals surface area contributed by atoms with Gasteiger partial charge in [-0.2, -0.15) is 0 Å². The second-order valence-electron chi connectivity index (χ2n) is 4.90. The molecule has 5 heteroatoms. The van der Waals surface area contributed by atoms with Crippen LogP contribution in [-0.2, 0) is 16.0 Å². The Labute approximate surface area is 128 Å². The molecular weight excluding hydrogens is 283 g/mol. The maximum Gasteiger partial charge on any atom is 0.231 e. The van der Waals surface area contributed by atoms with Gasteiger partial charge in [0.15, 0.2) is 0 Å². The van der Waals surface area contributed by atoms with E-state index in [0.29, 0.717) is 11.3 Å². The smallest absolute Gasteiger partial charge is 0.231 e. The fourth-order valence-corrected chi connectivity index (χ4v) is 2.10. The molecule has 0 spiro atoms. The number of benzene rings is 2. The van der Waals surface area contributed by atoms with Crippen LogP contribution in [0.15, 0.2) is 54.6 Å². The molecule has 0 heterocycles. The molecule has 0 aromatic heterocycles. The first-order chi connectivity index (χ1) is 10.6. The zero-order valence-corrected chi connectivity index (χ0v) is 12.0. The van der Waals surface area contributed by atoms with Crippen molar-refractivity contribution in [2.45, 2.75) is 12.8 Å². The fraction of sp³-hybridized carbons (Fsp3) is 0.176. The third-order valence-electron chi connectivity index (χ3n) is 3.22. The third kappa shape index (κ3) is 4.41. The summed E-state index contributed by atoms with van der Waals surface area (Å²) in [6.45, 7) is 0.222. The monoisotopic (exact) mass is 300 g/mol. The van der Waals surface area contributed by atoms with E-state index in [1.54, 1.807) is 24.3 Å². The van der Waals surface area contributed by atoms with E-state index >= 15 is 0 Å². The zero-order chi connectivity index (χ0) is 15.9. The van der Waals surface area contributed by atoms with Crippen molar-refractivity contribution in [2.75, 3.05) is 11.4 Å². The number of hydrogen-bond acceptors (Lipinski definition) is 2. The van der Waals surface area contributed by atoms with E-state index in [2.05, 4.69) is 0 Å². The Bertz CT molecular complexity index is 641. The number of carbonyl (C=O) groups excluding carboxylic acids is 2. The van der Waals surface area contributed by atoms with E-state index in [4.69, 9.17) is 5.73 Å². The molecule has 2 rings (SSSR count). The summed E-state index contributed by atoms with van der Waals surface area (Å²) in [4.78, 5) is 25.0. The highest BCUT2D eigenvalue weighted by molar-refractivity contribution is 5.95. The summed E-state index contributed by atoms with van der Waals surface area (Å²) < 4.78 is 12.9. The number of para-hydroxylation sites is 1. The molecule has 2 aromatic rings. The quantitative estimate of drug-likeness (QED) is 0.889. The van der Waals surface area contributed by atoms with Crippen molar-refractivity contribution in [3.05, 3.63) is 66.0 Å². The van der Waals surface area contributed by atoms with Crippen LogP contribution < -0.4 is 10.6 Å². The lowest BCUT2D eigenvalue weighted by Crippen LogP contribution is -2.35. The number of nitrogens with two attached hydrogens (primary N) is 1. The summed E-state index contributed by atoms with van der Waals surface area (Å²) in [5, 5.41) is 0. The van der Waals surface area contributed by atoms with E-state index in [1.807, 2.05) is 18.2 Å². The van der Waals surface area contributed by atoms with Crippen LogP contribution in [0.4, 0.5) is 10.1 Å². The second kappa shape index (κ2) is 7.36. The van der Waals surface area contributed by atoms with Crippen LogP contribution in [0.5, 0.6) is 0 Å². The minimum atomic E-state index is -0.462. The van der Waals surface area contributed by atoms with E-state index in [-0.39, 0.29) is 31.1 Å². The summed E-state index contributed by atoms with van der Waals surface area (Å²) >= 11 is 0. The van der Waals surface area contributed by atoms with Crippen LogP contribution in [0.2, 0.25) is 0 Å². The Morgan fingerprint density at radius 2 is 1.64 bits per heavy atom. The number of nitrogens with zero attached hydrogens (tertiary/aromatic N) is 1. The van der Waals surface area contributed by atoms with Crippen molar-refractivity contribution in [2.24, 2.45) is 5.73 Å². The standard InChI is InChI=1S/C17H17FN2O2/c18-14-8-6-13(7-9-14)12-17(22)20(11-10-16(19)21)15-4-2-1-3-5-15/h1-9H,10-12H2,(H2,19,21). The molecule has 2 N–H and O–H groups in total. The fourth-order valence-electron chi connectivity index (χ4n) is 2.10. The molecule has 2 amide bonds. The first-order valence-electron chi connectivity index (χ1n) is 6.94. The molecule has 0 saturated heterocycles. The lowest BCUT2D eigenvalue weighted by atomic mass is 10.1. The topological polar surface area (TPSA) is 63.4 Å². The van der Waals surface area contributed by atoms with Gasteiger partial charge in [0.25, 0.3) is 0 Å². The average molecular weight is 300 g/mol. The molecule has 0 saturated carbocycles. The molecule has 0 fully saturated rings. The highest BCUT2D eigenvalue weighted by Crippen LogP contribution is 2.16. The van der Waals surface area contributed by atoms with Crippen LogP contribution in [0.3, 0.4) is 0 Å². The summed E-state index contributed by atoms with van der Waals surface area (Å²) in [5.74, 6) is -0.973. The number of carbonyl (C=O) groups is 2. The van der Waals surface area contributed by atoms with Crippen molar-refractivity contribution in [1.29, 1.82) is 0 Å². The van der Waals surface area contributed by atoms with Gasteiger partial charge in [-0.25, -0.2) is 4.39 Å². The van der Waals surface area contributed by atoms with E-state index < -0.39 is 5.91 Å². The Kier molecular flexibility index (Phi) is 5.25. The van der Waals surface area contributed by atoms with Crippen LogP contribution in [0.1, 0.15) is 12.0 Å². The lowest BCUT2D eigenvalue weighted by molar-refractivity contribution is -0.118. The molecule has 0 radical (unpaired) electrons. The number of halogens is 1. The second-order valence-corrected chi connectivity index (χ2v) is 4.90. The Hall–Kier alpha value is -2.69.